The van der Waals surface area contributed by atoms with Gasteiger partial charge in [0.15, 0.2) is 28.6 Å². The van der Waals surface area contributed by atoms with E-state index in [1.54, 1.807) is 0 Å². The third-order valence-corrected chi connectivity index (χ3v) is 8.25. The molecule has 3 aliphatic rings. The van der Waals surface area contributed by atoms with Crippen LogP contribution in [0, 0.1) is 0 Å². The summed E-state index contributed by atoms with van der Waals surface area (Å²) < 4.78 is 38.2. The van der Waals surface area contributed by atoms with Crippen LogP contribution in [0.1, 0.15) is 25.3 Å². The lowest BCUT2D eigenvalue weighted by Gasteiger charge is -2.24. The number of anilines is 1. The van der Waals surface area contributed by atoms with Crippen LogP contribution in [0.3, 0.4) is 0 Å². The van der Waals surface area contributed by atoms with E-state index in [-0.39, 0.29) is 41.1 Å². The van der Waals surface area contributed by atoms with Crippen molar-refractivity contribution in [2.24, 2.45) is 0 Å². The number of ether oxygens (including phenoxy) is 2. The van der Waals surface area contributed by atoms with E-state index >= 15 is 0 Å². The highest BCUT2D eigenvalue weighted by molar-refractivity contribution is 7.47. The molecule has 2 saturated heterocycles. The zero-order valence-corrected chi connectivity index (χ0v) is 21.1. The zero-order valence-electron chi connectivity index (χ0n) is 20.2. The van der Waals surface area contributed by atoms with E-state index in [1.807, 2.05) is 0 Å². The van der Waals surface area contributed by atoms with Gasteiger partial charge in [-0.15, -0.1) is 0 Å². The molecule has 1 aliphatic carbocycles. The number of nitrogens with one attached hydrogen (secondary N) is 2. The van der Waals surface area contributed by atoms with Crippen molar-refractivity contribution in [2.45, 2.75) is 55.3 Å². The quantitative estimate of drug-likeness (QED) is 0.129. The minimum atomic E-state index is -4.84. The lowest BCUT2D eigenvalue weighted by Crippen LogP contribution is -2.24. The molecule has 4 aromatic heterocycles. The number of aliphatic hydroxyl groups excluding tert-OH is 1. The summed E-state index contributed by atoms with van der Waals surface area (Å²) in [4.78, 5) is 55.6. The maximum atomic E-state index is 13.0. The average molecular weight is 579 g/mol. The second-order valence-corrected chi connectivity index (χ2v) is 11.1. The minimum Gasteiger partial charge on any atom is -0.394 e. The van der Waals surface area contributed by atoms with Gasteiger partial charge in [0.05, 0.1) is 31.7 Å². The van der Waals surface area contributed by atoms with Gasteiger partial charge in [0.25, 0.3) is 11.1 Å². The Morgan fingerprint density at radius 2 is 1.88 bits per heavy atom. The van der Waals surface area contributed by atoms with Crippen LogP contribution in [0.4, 0.5) is 5.95 Å². The summed E-state index contributed by atoms with van der Waals surface area (Å²) in [5.74, 6) is -0.178. The van der Waals surface area contributed by atoms with E-state index in [1.165, 1.54) is 28.1 Å². The van der Waals surface area contributed by atoms with Crippen LogP contribution >= 0.6 is 7.82 Å². The van der Waals surface area contributed by atoms with Crippen LogP contribution < -0.4 is 16.9 Å². The highest BCUT2D eigenvalue weighted by Crippen LogP contribution is 2.62. The molecule has 0 bridgehead atoms. The number of aliphatic hydroxyl groups is 2. The summed E-state index contributed by atoms with van der Waals surface area (Å²) in [6.45, 7) is -0.418. The number of nitrogens with zero attached hydrogens (tertiary/aromatic N) is 6. The van der Waals surface area contributed by atoms with E-state index in [2.05, 4.69) is 29.9 Å². The molecule has 0 radical (unpaired) electrons. The number of phosphoric ester groups is 1. The molecule has 0 aromatic carbocycles. The highest BCUT2D eigenvalue weighted by atomic mass is 31.2. The number of hydrogen-bond donors (Lipinski definition) is 6. The zero-order chi connectivity index (χ0) is 28.0. The Morgan fingerprint density at radius 1 is 1.12 bits per heavy atom. The maximum absolute atomic E-state index is 13.0. The van der Waals surface area contributed by atoms with Gasteiger partial charge in [-0.2, -0.15) is 4.98 Å². The van der Waals surface area contributed by atoms with Gasteiger partial charge in [-0.05, 0) is 0 Å². The molecule has 2 unspecified atom stereocenters. The number of aromatic nitrogens is 8. The fraction of sp³-hybridized carbons (Fsp3) is 0.500. The Morgan fingerprint density at radius 3 is 2.60 bits per heavy atom. The number of phosphoric acid groups is 1. The summed E-state index contributed by atoms with van der Waals surface area (Å²) in [6, 6.07) is 0. The van der Waals surface area contributed by atoms with Gasteiger partial charge in [0, 0.05) is 12.8 Å². The fourth-order valence-electron chi connectivity index (χ4n) is 5.30. The Hall–Kier alpha value is -3.55. The molecule has 7 rings (SSSR count). The Bertz CT molecular complexity index is 1800. The van der Waals surface area contributed by atoms with E-state index in [4.69, 9.17) is 24.3 Å². The van der Waals surface area contributed by atoms with E-state index in [9.17, 15) is 29.3 Å². The van der Waals surface area contributed by atoms with Crippen molar-refractivity contribution >= 4 is 36.1 Å². The third kappa shape index (κ3) is 3.90. The molecular weight excluding hydrogens is 557 g/mol. The van der Waals surface area contributed by atoms with Crippen LogP contribution in [-0.4, -0.2) is 90.8 Å². The number of nitrogen functional groups attached to an aromatic ring is 1. The van der Waals surface area contributed by atoms with Crippen LogP contribution in [0.2, 0.25) is 0 Å². The maximum Gasteiger partial charge on any atom is 0.473 e. The normalized spacial score (nSPS) is 33.0. The van der Waals surface area contributed by atoms with Crippen molar-refractivity contribution in [3.63, 3.8) is 0 Å². The molecule has 212 valence electrons. The van der Waals surface area contributed by atoms with Gasteiger partial charge in [-0.1, -0.05) is 0 Å². The first kappa shape index (κ1) is 25.4. The molecule has 1 saturated carbocycles. The molecule has 4 aromatic rings. The van der Waals surface area contributed by atoms with Gasteiger partial charge in [-0.3, -0.25) is 32.8 Å². The second kappa shape index (κ2) is 8.72. The molecule has 0 amide bonds. The third-order valence-electron chi connectivity index (χ3n) is 7.22. The molecule has 6 heterocycles. The Balaban J connectivity index is 1.07. The SMILES string of the molecule is Nc1nc2c(ncn2[C@@H]2O[C@H](CO)C[C@H]2OP(=O)(O)OC2[C@H]3O[C@@H](n4cnc5c(=O)[nH]cnc54)C[C@@]23O)c(=O)[nH]1. The smallest absolute Gasteiger partial charge is 0.394 e. The number of imidazole rings is 2. The van der Waals surface area contributed by atoms with Gasteiger partial charge >= 0.3 is 7.82 Å². The van der Waals surface area contributed by atoms with Gasteiger partial charge in [0.2, 0.25) is 5.95 Å². The van der Waals surface area contributed by atoms with Crippen LogP contribution in [-0.2, 0) is 23.1 Å². The summed E-state index contributed by atoms with van der Waals surface area (Å²) in [5, 5.41) is 20.7. The minimum absolute atomic E-state index is 0.00973. The van der Waals surface area contributed by atoms with Crippen molar-refractivity contribution in [1.29, 1.82) is 0 Å². The predicted molar refractivity (Wildman–Crippen MR) is 129 cm³/mol. The molecule has 40 heavy (non-hydrogen) atoms. The number of nitrogens with two attached hydrogens (primary N) is 1. The van der Waals surface area contributed by atoms with Crippen LogP contribution in [0.5, 0.6) is 0 Å². The molecule has 3 fully saturated rings. The van der Waals surface area contributed by atoms with E-state index < -0.39 is 68.0 Å². The van der Waals surface area contributed by atoms with E-state index in [0.717, 1.165) is 0 Å². The monoisotopic (exact) mass is 579 g/mol. The number of H-pyrrole nitrogens is 2. The molecular formula is C20H22N9O10P. The lowest BCUT2D eigenvalue weighted by atomic mass is 10.2. The topological polar surface area (TPSA) is 268 Å². The van der Waals surface area contributed by atoms with Crippen LogP contribution in [0.25, 0.3) is 22.3 Å². The number of aromatic amines is 2. The summed E-state index contributed by atoms with van der Waals surface area (Å²) >= 11 is 0. The number of fused-ring (bicyclic) bond motifs is 3. The van der Waals surface area contributed by atoms with Crippen molar-refractivity contribution in [2.75, 3.05) is 12.3 Å². The highest BCUT2D eigenvalue weighted by Gasteiger charge is 2.74. The van der Waals surface area contributed by atoms with Crippen molar-refractivity contribution in [1.82, 2.24) is 39.0 Å². The number of hydrogen-bond acceptors (Lipinski definition) is 14. The summed E-state index contributed by atoms with van der Waals surface area (Å²) in [7, 11) is -4.84. The first-order valence-corrected chi connectivity index (χ1v) is 13.5. The summed E-state index contributed by atoms with van der Waals surface area (Å²) in [5.41, 5.74) is 3.37. The van der Waals surface area contributed by atoms with Crippen molar-refractivity contribution in [3.8, 4) is 0 Å². The molecule has 7 N–H and O–H groups in total. The molecule has 20 heteroatoms. The largest absolute Gasteiger partial charge is 0.473 e. The fourth-order valence-corrected chi connectivity index (χ4v) is 6.47. The summed E-state index contributed by atoms with van der Waals surface area (Å²) in [6.07, 6.45) is -2.16. The van der Waals surface area contributed by atoms with Gasteiger partial charge < -0.3 is 35.3 Å². The molecule has 19 nitrogen and oxygen atoms in total. The molecule has 2 aliphatic heterocycles. The van der Waals surface area contributed by atoms with Crippen molar-refractivity contribution < 1.29 is 38.2 Å². The average Bonchev–Trinajstić information content (AvgIpc) is 3.50. The Labute approximate surface area is 221 Å². The molecule has 8 atom stereocenters. The first-order chi connectivity index (χ1) is 19.1. The molecule has 0 spiro atoms. The van der Waals surface area contributed by atoms with Gasteiger partial charge in [-0.25, -0.2) is 19.5 Å². The number of rotatable bonds is 7. The van der Waals surface area contributed by atoms with Gasteiger partial charge in [0.1, 0.15) is 30.1 Å². The van der Waals surface area contributed by atoms with Crippen LogP contribution in [0.15, 0.2) is 28.6 Å². The second-order valence-electron chi connectivity index (χ2n) is 9.74. The predicted octanol–water partition coefficient (Wildman–Crippen LogP) is -1.98. The standard InChI is InChI=1S/C20H22N9O10P/c21-19-26-15-11(17(32)27-19)25-6-29(15)18-8(1-7(3-30)36-18)38-40(34,35)39-13-12-20(13,33)2-9(37-12)28-5-24-10-14(28)22-4-23-16(10)31/h4-9,12-13,18,30,33H,1-3H2,(H,34,35)(H,22,23,31)(H3,21,26,27,32)/t7-,8+,9+,12+,13?,18+,20-/m0/s1. The lowest BCUT2D eigenvalue weighted by molar-refractivity contribution is -0.0539. The first-order valence-electron chi connectivity index (χ1n) is 12.0. The van der Waals surface area contributed by atoms with Crippen molar-refractivity contribution in [3.05, 3.63) is 39.7 Å². The van der Waals surface area contributed by atoms with E-state index in [0.29, 0.717) is 0 Å². The Kier molecular flexibility index (Phi) is 5.54.